The van der Waals surface area contributed by atoms with Crippen LogP contribution in [0.2, 0.25) is 0 Å². The molecule has 1 aliphatic carbocycles. The van der Waals surface area contributed by atoms with Crippen LogP contribution in [0.4, 0.5) is 5.69 Å². The van der Waals surface area contributed by atoms with Crippen molar-refractivity contribution in [3.8, 4) is 0 Å². The number of anilines is 1. The van der Waals surface area contributed by atoms with Crippen LogP contribution >= 0.6 is 8.69 Å². The number of piperidine rings is 2. The first kappa shape index (κ1) is 16.2. The molecular formula is C21H21N2O4P. The maximum atomic E-state index is 13.5. The first-order chi connectivity index (χ1) is 13.7. The highest BCUT2D eigenvalue weighted by Crippen LogP contribution is 2.71. The third-order valence-electron chi connectivity index (χ3n) is 8.48. The Kier molecular flexibility index (Phi) is 2.97. The van der Waals surface area contributed by atoms with Gasteiger partial charge in [-0.1, -0.05) is 29.8 Å². The van der Waals surface area contributed by atoms with Crippen LogP contribution in [0.25, 0.3) is 0 Å². The van der Waals surface area contributed by atoms with Crippen LogP contribution in [0.1, 0.15) is 24.8 Å². The Hall–Kier alpha value is -1.59. The third kappa shape index (κ3) is 1.50. The fraction of sp³-hybridized carbons (Fsp3) is 0.571. The van der Waals surface area contributed by atoms with Crippen molar-refractivity contribution in [2.24, 2.45) is 11.8 Å². The first-order valence-corrected chi connectivity index (χ1v) is 10.9. The number of fused-ring (bicyclic) bond motifs is 2. The van der Waals surface area contributed by atoms with E-state index < -0.39 is 5.72 Å². The zero-order chi connectivity index (χ0) is 18.7. The predicted molar refractivity (Wildman–Crippen MR) is 101 cm³/mol. The molecule has 0 N–H and O–H groups in total. The minimum Gasteiger partial charge on any atom is -0.373 e. The summed E-state index contributed by atoms with van der Waals surface area (Å²) in [6.07, 6.45) is 4.38. The first-order valence-electron chi connectivity index (χ1n) is 10.2. The summed E-state index contributed by atoms with van der Waals surface area (Å²) < 4.78 is 24.6. The number of amides is 1. The molecule has 6 atom stereocenters. The molecule has 2 bridgehead atoms. The van der Waals surface area contributed by atoms with Crippen molar-refractivity contribution >= 4 is 20.3 Å². The third-order valence-corrected chi connectivity index (χ3v) is 8.84. The normalized spacial score (nSPS) is 45.1. The summed E-state index contributed by atoms with van der Waals surface area (Å²) in [4.78, 5) is 17.9. The minimum absolute atomic E-state index is 0.00398. The lowest BCUT2D eigenvalue weighted by molar-refractivity contribution is -0.182. The Bertz CT molecular complexity index is 965. The van der Waals surface area contributed by atoms with Gasteiger partial charge in [-0.2, -0.15) is 0 Å². The number of rotatable bonds is 2. The summed E-state index contributed by atoms with van der Waals surface area (Å²) in [6.45, 7) is 2.50. The van der Waals surface area contributed by atoms with Gasteiger partial charge in [0, 0.05) is 18.5 Å². The maximum absolute atomic E-state index is 13.5. The zero-order valence-corrected chi connectivity index (χ0v) is 16.3. The van der Waals surface area contributed by atoms with Crippen LogP contribution in [0.15, 0.2) is 35.9 Å². The number of carbonyl (C=O) groups excluding carboxylic acids is 1. The van der Waals surface area contributed by atoms with Gasteiger partial charge < -0.3 is 4.74 Å². The van der Waals surface area contributed by atoms with Gasteiger partial charge in [0.1, 0.15) is 0 Å². The number of hydrogen-bond donors (Lipinski definition) is 0. The highest BCUT2D eigenvalue weighted by atomic mass is 31.1. The molecule has 28 heavy (non-hydrogen) atoms. The summed E-state index contributed by atoms with van der Waals surface area (Å²) in [7, 11) is -0.368. The number of carbonyl (C=O) groups is 1. The lowest BCUT2D eigenvalue weighted by Crippen LogP contribution is -2.77. The number of benzene rings is 1. The van der Waals surface area contributed by atoms with Crippen LogP contribution in [0.3, 0.4) is 0 Å². The average Bonchev–Trinajstić information content (AvgIpc) is 3.13. The van der Waals surface area contributed by atoms with E-state index in [-0.39, 0.29) is 32.0 Å². The quantitative estimate of drug-likeness (QED) is 0.568. The molecule has 1 aromatic carbocycles. The standard InChI is InChI=1S/C21H21N2O4P/c24-18-10-16-19-13-9-17-20(6-7-22(17)11-12(13)5-8-26-16)14-3-1-2-4-15(14)23(18)21(19,20)27-28-25/h1-5,13,16-17,19H,6-11H2/t13-,16?,17-,19+,20+,21?/m0/s1. The van der Waals surface area contributed by atoms with E-state index >= 15 is 0 Å². The average molecular weight is 396 g/mol. The maximum Gasteiger partial charge on any atom is 0.329 e. The fourth-order valence-corrected chi connectivity index (χ4v) is 8.28. The van der Waals surface area contributed by atoms with E-state index in [9.17, 15) is 9.36 Å². The summed E-state index contributed by atoms with van der Waals surface area (Å²) in [6, 6.07) is 8.54. The minimum atomic E-state index is -0.938. The number of para-hydroxylation sites is 1. The Morgan fingerprint density at radius 3 is 3.07 bits per heavy atom. The second kappa shape index (κ2) is 5.11. The Morgan fingerprint density at radius 2 is 2.18 bits per heavy atom. The van der Waals surface area contributed by atoms with Gasteiger partial charge in [0.2, 0.25) is 5.91 Å². The molecule has 5 aliphatic heterocycles. The van der Waals surface area contributed by atoms with Crippen LogP contribution < -0.4 is 4.90 Å². The lowest BCUT2D eigenvalue weighted by atomic mass is 9.51. The lowest BCUT2D eigenvalue weighted by Gasteiger charge is -2.63. The Balaban J connectivity index is 1.61. The predicted octanol–water partition coefficient (Wildman–Crippen LogP) is 2.64. The molecule has 4 fully saturated rings. The fourth-order valence-electron chi connectivity index (χ4n) is 7.80. The molecule has 5 heterocycles. The van der Waals surface area contributed by atoms with Crippen molar-refractivity contribution in [2.75, 3.05) is 24.6 Å². The summed E-state index contributed by atoms with van der Waals surface area (Å²) in [5, 5.41) is 0. The Labute approximate surface area is 164 Å². The summed E-state index contributed by atoms with van der Waals surface area (Å²) in [5.74, 6) is 0.340. The molecule has 7 heteroatoms. The van der Waals surface area contributed by atoms with Gasteiger partial charge in [0.25, 0.3) is 0 Å². The molecule has 3 saturated heterocycles. The van der Waals surface area contributed by atoms with E-state index in [1.165, 1.54) is 11.1 Å². The van der Waals surface area contributed by atoms with Gasteiger partial charge >= 0.3 is 8.69 Å². The molecular weight excluding hydrogens is 375 g/mol. The molecule has 144 valence electrons. The zero-order valence-electron chi connectivity index (χ0n) is 15.4. The summed E-state index contributed by atoms with van der Waals surface area (Å²) in [5.41, 5.74) is 2.26. The summed E-state index contributed by atoms with van der Waals surface area (Å²) >= 11 is 0. The van der Waals surface area contributed by atoms with Crippen molar-refractivity contribution in [1.29, 1.82) is 0 Å². The van der Waals surface area contributed by atoms with Gasteiger partial charge in [-0.25, -0.2) is 4.57 Å². The van der Waals surface area contributed by atoms with Gasteiger partial charge in [-0.05, 0) is 36.9 Å². The van der Waals surface area contributed by atoms with Crippen molar-refractivity contribution < 1.29 is 18.6 Å². The van der Waals surface area contributed by atoms with E-state index in [1.54, 1.807) is 0 Å². The molecule has 0 aromatic heterocycles. The molecule has 6 aliphatic rings. The SMILES string of the molecule is O=POC12[C@H]3C4CC(=O)N1c1ccccc1[C@@]21CCN2CC(=CCO4)[C@@H]3C[C@H]21. The van der Waals surface area contributed by atoms with Crippen molar-refractivity contribution in [3.05, 3.63) is 41.5 Å². The van der Waals surface area contributed by atoms with Gasteiger partial charge in [-0.15, -0.1) is 0 Å². The van der Waals surface area contributed by atoms with Gasteiger partial charge in [0.05, 0.1) is 30.2 Å². The van der Waals surface area contributed by atoms with Crippen LogP contribution in [0.5, 0.6) is 0 Å². The van der Waals surface area contributed by atoms with Gasteiger partial charge in [-0.3, -0.25) is 19.1 Å². The van der Waals surface area contributed by atoms with Crippen molar-refractivity contribution in [1.82, 2.24) is 4.90 Å². The molecule has 0 radical (unpaired) electrons. The van der Waals surface area contributed by atoms with E-state index in [4.69, 9.17) is 9.26 Å². The molecule has 1 spiro atoms. The monoisotopic (exact) mass is 396 g/mol. The smallest absolute Gasteiger partial charge is 0.329 e. The molecule has 7 rings (SSSR count). The van der Waals surface area contributed by atoms with Crippen LogP contribution in [-0.2, 0) is 24.0 Å². The Morgan fingerprint density at radius 1 is 1.29 bits per heavy atom. The molecule has 2 unspecified atom stereocenters. The number of nitrogens with zero attached hydrogens (tertiary/aromatic N) is 2. The van der Waals surface area contributed by atoms with Crippen LogP contribution in [0, 0.1) is 11.8 Å². The highest BCUT2D eigenvalue weighted by Gasteiger charge is 2.80. The second-order valence-electron chi connectivity index (χ2n) is 9.04. The number of ether oxygens (including phenoxy) is 1. The topological polar surface area (TPSA) is 59.1 Å². The molecule has 1 amide bonds. The molecule has 1 aromatic rings. The van der Waals surface area contributed by atoms with E-state index in [0.717, 1.165) is 31.6 Å². The van der Waals surface area contributed by atoms with Crippen molar-refractivity contribution in [2.45, 2.75) is 42.5 Å². The van der Waals surface area contributed by atoms with Crippen molar-refractivity contribution in [3.63, 3.8) is 0 Å². The van der Waals surface area contributed by atoms with E-state index in [1.807, 2.05) is 17.0 Å². The van der Waals surface area contributed by atoms with E-state index in [2.05, 4.69) is 23.1 Å². The molecule has 1 saturated carbocycles. The second-order valence-corrected chi connectivity index (χ2v) is 9.37. The highest BCUT2D eigenvalue weighted by molar-refractivity contribution is 7.17. The van der Waals surface area contributed by atoms with Crippen LogP contribution in [-0.4, -0.2) is 48.4 Å². The van der Waals surface area contributed by atoms with Gasteiger partial charge in [0.15, 0.2) is 5.72 Å². The largest absolute Gasteiger partial charge is 0.373 e. The number of hydrogen-bond acceptors (Lipinski definition) is 5. The molecule has 6 nitrogen and oxygen atoms in total. The van der Waals surface area contributed by atoms with E-state index in [0.29, 0.717) is 25.0 Å².